The van der Waals surface area contributed by atoms with E-state index in [0.717, 1.165) is 36.5 Å². The first kappa shape index (κ1) is 83.2. The molecule has 0 unspecified atom stereocenters. The third-order valence-corrected chi connectivity index (χ3v) is 22.1. The molecule has 0 aromatic heterocycles. The van der Waals surface area contributed by atoms with E-state index in [9.17, 15) is 46.7 Å². The minimum atomic E-state index is -5.42. The summed E-state index contributed by atoms with van der Waals surface area (Å²) in [6, 6.07) is 4.11. The Hall–Kier alpha value is -9.05. The molecule has 4 aliphatic rings. The quantitative estimate of drug-likeness (QED) is 0.185. The number of likely N-dealkylation sites (tertiary alicyclic amines) is 1. The Morgan fingerprint density at radius 1 is 0.590 bits per heavy atom. The highest BCUT2D eigenvalue weighted by Gasteiger charge is 2.51. The molecule has 3 heterocycles. The number of carbonyl (C=O) groups excluding carboxylic acids is 12. The number of alkyl halides is 3. The Morgan fingerprint density at radius 3 is 1.72 bits per heavy atom. The van der Waals surface area contributed by atoms with Crippen LogP contribution in [0.5, 0.6) is 0 Å². The average Bonchev–Trinajstić information content (AvgIpc) is 1.77. The van der Waals surface area contributed by atoms with E-state index in [1.165, 1.54) is 77.9 Å². The van der Waals surface area contributed by atoms with Gasteiger partial charge in [-0.15, -0.1) is 0 Å². The van der Waals surface area contributed by atoms with E-state index in [0.29, 0.717) is 74.9 Å². The Morgan fingerprint density at radius 2 is 1.16 bits per heavy atom. The number of nitrogens with one attached hydrogen (secondary N) is 3. The number of hydrogen-bond donors (Lipinski definition) is 3. The minimum absolute atomic E-state index is 0.0549. The number of hydrogen-bond acceptors (Lipinski definition) is 12. The summed E-state index contributed by atoms with van der Waals surface area (Å²) in [5.41, 5.74) is -2.24. The van der Waals surface area contributed by atoms with Gasteiger partial charge >= 0.3 is 6.18 Å². The Bertz CT molecular complexity index is 3640. The molecule has 24 nitrogen and oxygen atoms in total. The van der Waals surface area contributed by atoms with Gasteiger partial charge in [-0.05, 0) is 113 Å². The zero-order chi connectivity index (χ0) is 77.9. The van der Waals surface area contributed by atoms with Gasteiger partial charge in [-0.25, -0.2) is 8.78 Å². The molecule has 1 aliphatic carbocycles. The van der Waals surface area contributed by atoms with Gasteiger partial charge in [-0.3, -0.25) is 57.5 Å². The number of nitrogens with zero attached hydrogens (tertiary/aromatic N) is 9. The number of benzene rings is 3. The van der Waals surface area contributed by atoms with Crippen LogP contribution in [0.4, 0.5) is 22.0 Å². The first-order chi connectivity index (χ1) is 49.4. The molecule has 3 aromatic rings. The standard InChI is InChI=1S/C76H105F5N12O12/c1-15-46(4)63-72(103)87(10)49(7)67(98)93-38-33-56(93)70(101)89(12)58(42-51-29-27-45(3)28-30-51)69(100)85(8)44-60(94)82-55(32-31-52-39-53(77)62(54(78)40-52)76(79,80)81)68(99)88(11)57(41-50-25-19-17-20-26-50)66(97)84-75(34-21-22-35-75)74(105)91(14)64(47(5)16-2)73(104)90(13)59(71(102)92-36-23-18-24-37-92)43-61(95)86(9)48(6)65(96)83-63/h17,19-20,25-30,39-40,46-49,55-59,63-64H,15-16,18,21-24,31-38,41-44H2,1-14H3,(H,82,94)(H,83,96)(H,84,97)/t46-,47-,48-,49+,55-,56-,57+,58-,59-,63-,64-/m0/s1. The van der Waals surface area contributed by atoms with E-state index in [1.807, 2.05) is 6.92 Å². The van der Waals surface area contributed by atoms with E-state index in [-0.39, 0.29) is 44.2 Å². The lowest BCUT2D eigenvalue weighted by Crippen LogP contribution is -2.65. The number of rotatable bonds is 12. The Labute approximate surface area is 612 Å². The smallest absolute Gasteiger partial charge is 0.343 e. The van der Waals surface area contributed by atoms with Crippen molar-refractivity contribution < 1.29 is 79.5 Å². The maximum Gasteiger partial charge on any atom is 0.422 e. The fourth-order valence-electron chi connectivity index (χ4n) is 14.4. The second-order valence-electron chi connectivity index (χ2n) is 29.2. The summed E-state index contributed by atoms with van der Waals surface area (Å²) in [7, 11) is 9.40. The minimum Gasteiger partial charge on any atom is -0.343 e. The number of piperidine rings is 1. The fraction of sp³-hybridized carbons (Fsp3) is 0.605. The summed E-state index contributed by atoms with van der Waals surface area (Å²) < 4.78 is 72.0. The second-order valence-corrected chi connectivity index (χ2v) is 29.2. The number of fused-ring (bicyclic) bond motifs is 1. The van der Waals surface area contributed by atoms with Crippen LogP contribution in [-0.4, -0.2) is 250 Å². The van der Waals surface area contributed by atoms with Crippen molar-refractivity contribution in [3.8, 4) is 0 Å². The van der Waals surface area contributed by atoms with Gasteiger partial charge in [0.1, 0.15) is 77.1 Å². The number of likely N-dealkylation sites (N-methyl/N-ethyl adjacent to an activating group) is 7. The lowest BCUT2D eigenvalue weighted by molar-refractivity contribution is -0.160. The van der Waals surface area contributed by atoms with Gasteiger partial charge in [0.25, 0.3) is 0 Å². The Balaban J connectivity index is 1.33. The van der Waals surface area contributed by atoms with Crippen molar-refractivity contribution in [2.24, 2.45) is 11.8 Å². The van der Waals surface area contributed by atoms with Gasteiger partial charge < -0.3 is 60.0 Å². The van der Waals surface area contributed by atoms with Gasteiger partial charge in [0, 0.05) is 81.8 Å². The molecule has 1 spiro atoms. The maximum absolute atomic E-state index is 15.7. The van der Waals surface area contributed by atoms with Crippen LogP contribution in [-0.2, 0) is 83.0 Å². The zero-order valence-corrected chi connectivity index (χ0v) is 63.0. The van der Waals surface area contributed by atoms with Crippen LogP contribution in [0.1, 0.15) is 146 Å². The lowest BCUT2D eigenvalue weighted by atomic mass is 9.90. The average molecular weight is 1470 g/mol. The molecule has 29 heteroatoms. The first-order valence-electron chi connectivity index (χ1n) is 36.4. The van der Waals surface area contributed by atoms with Crippen LogP contribution in [0.15, 0.2) is 66.7 Å². The van der Waals surface area contributed by atoms with Gasteiger partial charge in [-0.2, -0.15) is 13.2 Å². The van der Waals surface area contributed by atoms with Crippen LogP contribution >= 0.6 is 0 Å². The van der Waals surface area contributed by atoms with Crippen LogP contribution in [0, 0.1) is 30.4 Å². The zero-order valence-electron chi connectivity index (χ0n) is 63.0. The molecule has 3 saturated heterocycles. The molecule has 0 radical (unpaired) electrons. The normalized spacial score (nSPS) is 25.6. The number of halogens is 5. The topological polar surface area (TPSA) is 270 Å². The highest BCUT2D eigenvalue weighted by Crippen LogP contribution is 2.36. The van der Waals surface area contributed by atoms with E-state index in [1.54, 1.807) is 87.2 Å². The summed E-state index contributed by atoms with van der Waals surface area (Å²) in [4.78, 5) is 191. The van der Waals surface area contributed by atoms with Crippen molar-refractivity contribution in [1.82, 2.24) is 60.0 Å². The van der Waals surface area contributed by atoms with Crippen LogP contribution < -0.4 is 16.0 Å². The van der Waals surface area contributed by atoms with Gasteiger partial charge in [0.15, 0.2) is 0 Å². The number of amides is 12. The predicted molar refractivity (Wildman–Crippen MR) is 380 cm³/mol. The number of aryl methyl sites for hydroxylation is 2. The van der Waals surface area contributed by atoms with Crippen molar-refractivity contribution in [3.63, 3.8) is 0 Å². The SMILES string of the molecule is CC[C@H](C)[C@@H]1NC(=O)[C@H](C)N(C)C(=O)C[C@@H](C(=O)N2CCCCC2)N(C)C(=O)[C@H]([C@@H](C)CC)N(C)C(=O)C2(CCCC2)NC(=O)[C@@H](Cc2ccccc2)N(C)C(=O)[C@H](CCc2cc(F)c(C(F)(F)F)c(F)c2)NC(=O)CN(C)C(=O)[C@H](Cc2ccc(C)cc2)N(C)C(=O)[C@@H]2CCN2C(=O)[C@@H](C)N(C)C1=O. The van der Waals surface area contributed by atoms with Crippen molar-refractivity contribution in [3.05, 3.63) is 106 Å². The molecule has 1 saturated carbocycles. The molecule has 12 amide bonds. The summed E-state index contributed by atoms with van der Waals surface area (Å²) in [5.74, 6) is -14.1. The molecule has 3 aromatic carbocycles. The molecular weight excluding hydrogens is 1370 g/mol. The van der Waals surface area contributed by atoms with Gasteiger partial charge in [0.2, 0.25) is 70.9 Å². The largest absolute Gasteiger partial charge is 0.422 e. The predicted octanol–water partition coefficient (Wildman–Crippen LogP) is 5.68. The van der Waals surface area contributed by atoms with Crippen molar-refractivity contribution in [2.75, 3.05) is 75.5 Å². The van der Waals surface area contributed by atoms with Crippen molar-refractivity contribution in [1.29, 1.82) is 0 Å². The highest BCUT2D eigenvalue weighted by atomic mass is 19.4. The highest BCUT2D eigenvalue weighted by molar-refractivity contribution is 6.01. The third-order valence-electron chi connectivity index (χ3n) is 22.1. The monoisotopic (exact) mass is 1470 g/mol. The summed E-state index contributed by atoms with van der Waals surface area (Å²) in [5, 5.41) is 8.42. The Kier molecular flexibility index (Phi) is 28.4. The molecule has 7 rings (SSSR count). The van der Waals surface area contributed by atoms with Gasteiger partial charge in [0.05, 0.1) is 13.0 Å². The molecule has 105 heavy (non-hydrogen) atoms. The molecule has 0 bridgehead atoms. The molecule has 576 valence electrons. The summed E-state index contributed by atoms with van der Waals surface area (Å²) in [6.07, 6.45) is -3.55. The molecule has 3 aliphatic heterocycles. The molecular formula is C76H105F5N12O12. The fourth-order valence-corrected chi connectivity index (χ4v) is 14.4. The second kappa shape index (κ2) is 35.8. The van der Waals surface area contributed by atoms with Crippen LogP contribution in [0.2, 0.25) is 0 Å². The summed E-state index contributed by atoms with van der Waals surface area (Å²) in [6.45, 7) is 11.8. The molecule has 3 N–H and O–H groups in total. The van der Waals surface area contributed by atoms with Crippen LogP contribution in [0.25, 0.3) is 0 Å². The van der Waals surface area contributed by atoms with E-state index in [4.69, 9.17) is 0 Å². The molecule has 11 atom stereocenters. The van der Waals surface area contributed by atoms with Crippen molar-refractivity contribution in [2.45, 2.75) is 211 Å². The third kappa shape index (κ3) is 19.5. The maximum atomic E-state index is 15.7. The molecule has 4 fully saturated rings. The summed E-state index contributed by atoms with van der Waals surface area (Å²) >= 11 is 0. The van der Waals surface area contributed by atoms with E-state index in [2.05, 4.69) is 16.0 Å². The van der Waals surface area contributed by atoms with E-state index >= 15 is 32.8 Å². The number of carbonyl (C=O) groups is 12. The van der Waals surface area contributed by atoms with Gasteiger partial charge in [-0.1, -0.05) is 114 Å². The van der Waals surface area contributed by atoms with Crippen LogP contribution in [0.3, 0.4) is 0 Å². The van der Waals surface area contributed by atoms with E-state index < -0.39 is 192 Å². The lowest BCUT2D eigenvalue weighted by Gasteiger charge is -2.45. The van der Waals surface area contributed by atoms with Crippen molar-refractivity contribution >= 4 is 70.9 Å². The first-order valence-corrected chi connectivity index (χ1v) is 36.4.